The quantitative estimate of drug-likeness (QED) is 0.264. The molecule has 0 aromatic heterocycles. The van der Waals surface area contributed by atoms with Crippen molar-refractivity contribution in [3.8, 4) is 0 Å². The van der Waals surface area contributed by atoms with E-state index >= 15 is 0 Å². The first-order chi connectivity index (χ1) is 13.4. The third-order valence-corrected chi connectivity index (χ3v) is 5.31. The molecule has 1 fully saturated rings. The van der Waals surface area contributed by atoms with Gasteiger partial charge in [0.05, 0.1) is 18.8 Å². The molecule has 1 aromatic carbocycles. The van der Waals surface area contributed by atoms with Crippen LogP contribution in [0.25, 0.3) is 0 Å². The molecule has 0 heterocycles. The molecule has 0 saturated heterocycles. The number of nitrogens with zero attached hydrogens (tertiary/aromatic N) is 1. The molecule has 6 heteroatoms. The van der Waals surface area contributed by atoms with Crippen LogP contribution >= 0.6 is 24.0 Å². The zero-order chi connectivity index (χ0) is 20.5. The molecular weight excluding hydrogens is 477 g/mol. The molecule has 0 aliphatic heterocycles. The lowest BCUT2D eigenvalue weighted by atomic mass is 9.67. The van der Waals surface area contributed by atoms with Crippen LogP contribution in [0.4, 0.5) is 0 Å². The maximum atomic E-state index is 5.89. The second-order valence-corrected chi connectivity index (χ2v) is 8.87. The van der Waals surface area contributed by atoms with Gasteiger partial charge >= 0.3 is 0 Å². The first kappa shape index (κ1) is 26.2. The fraction of sp³-hybridized carbons (Fsp3) is 0.696. The molecule has 2 N–H and O–H groups in total. The minimum Gasteiger partial charge on any atom is -0.385 e. The highest BCUT2D eigenvalue weighted by molar-refractivity contribution is 14.0. The molecule has 1 aromatic rings. The summed E-state index contributed by atoms with van der Waals surface area (Å²) < 4.78 is 11.2. The van der Waals surface area contributed by atoms with Crippen molar-refractivity contribution >= 4 is 29.9 Å². The number of guanidine groups is 1. The topological polar surface area (TPSA) is 54.9 Å². The highest BCUT2D eigenvalue weighted by Gasteiger charge is 2.36. The van der Waals surface area contributed by atoms with Crippen LogP contribution in [0.5, 0.6) is 0 Å². The largest absolute Gasteiger partial charge is 0.385 e. The van der Waals surface area contributed by atoms with E-state index in [1.165, 1.54) is 30.4 Å². The molecule has 166 valence electrons. The summed E-state index contributed by atoms with van der Waals surface area (Å²) in [5.41, 5.74) is 2.63. The van der Waals surface area contributed by atoms with E-state index in [2.05, 4.69) is 62.6 Å². The summed E-state index contributed by atoms with van der Waals surface area (Å²) in [6.07, 6.45) is 4.99. The van der Waals surface area contributed by atoms with Crippen LogP contribution < -0.4 is 10.6 Å². The van der Waals surface area contributed by atoms with E-state index in [0.717, 1.165) is 32.1 Å². The molecular formula is C23H40IN3O2. The monoisotopic (exact) mass is 517 g/mol. The Hall–Kier alpha value is -0.860. The molecule has 5 nitrogen and oxygen atoms in total. The fourth-order valence-electron chi connectivity index (χ4n) is 3.41. The molecule has 1 aliphatic carbocycles. The van der Waals surface area contributed by atoms with Crippen LogP contribution in [0.15, 0.2) is 29.3 Å². The van der Waals surface area contributed by atoms with Crippen LogP contribution in [0.2, 0.25) is 0 Å². The Balaban J connectivity index is 0.00000420. The van der Waals surface area contributed by atoms with Crippen LogP contribution in [0.1, 0.15) is 64.5 Å². The summed E-state index contributed by atoms with van der Waals surface area (Å²) in [6.45, 7) is 12.3. The molecule has 0 spiro atoms. The number of hydrogen-bond acceptors (Lipinski definition) is 3. The van der Waals surface area contributed by atoms with Crippen molar-refractivity contribution in [3.63, 3.8) is 0 Å². The summed E-state index contributed by atoms with van der Waals surface area (Å²) in [4.78, 5) is 4.80. The Labute approximate surface area is 194 Å². The Kier molecular flexibility index (Phi) is 11.5. The highest BCUT2D eigenvalue weighted by Crippen LogP contribution is 2.43. The van der Waals surface area contributed by atoms with Gasteiger partial charge in [-0.15, -0.1) is 24.0 Å². The number of rotatable bonds is 10. The van der Waals surface area contributed by atoms with Crippen molar-refractivity contribution in [2.45, 2.75) is 72.1 Å². The average molecular weight is 517 g/mol. The zero-order valence-electron chi connectivity index (χ0n) is 18.8. The highest BCUT2D eigenvalue weighted by atomic mass is 127. The molecule has 0 atom stereocenters. The molecule has 1 aliphatic rings. The van der Waals surface area contributed by atoms with E-state index in [4.69, 9.17) is 14.5 Å². The summed E-state index contributed by atoms with van der Waals surface area (Å²) in [7, 11) is 1.78. The number of nitrogens with one attached hydrogen (secondary N) is 2. The van der Waals surface area contributed by atoms with E-state index in [9.17, 15) is 0 Å². The molecule has 0 amide bonds. The maximum absolute atomic E-state index is 5.89. The first-order valence-corrected chi connectivity index (χ1v) is 10.6. The number of aliphatic imine (C=N–C) groups is 1. The van der Waals surface area contributed by atoms with Crippen LogP contribution in [-0.4, -0.2) is 38.4 Å². The lowest BCUT2D eigenvalue weighted by molar-refractivity contribution is -0.0149. The Bertz CT molecular complexity index is 625. The molecule has 0 unspecified atom stereocenters. The molecule has 0 bridgehead atoms. The van der Waals surface area contributed by atoms with E-state index in [0.29, 0.717) is 18.6 Å². The van der Waals surface area contributed by atoms with Gasteiger partial charge in [-0.25, -0.2) is 4.99 Å². The maximum Gasteiger partial charge on any atom is 0.191 e. The van der Waals surface area contributed by atoms with Gasteiger partial charge in [0, 0.05) is 26.8 Å². The van der Waals surface area contributed by atoms with E-state index in [1.54, 1.807) is 7.11 Å². The number of benzene rings is 1. The van der Waals surface area contributed by atoms with Crippen molar-refractivity contribution < 1.29 is 9.47 Å². The third kappa shape index (κ3) is 9.66. The number of ether oxygens (including phenoxy) is 2. The summed E-state index contributed by atoms with van der Waals surface area (Å²) in [5.74, 6) is 0.891. The minimum absolute atomic E-state index is 0. The number of hydrogen-bond donors (Lipinski definition) is 2. The van der Waals surface area contributed by atoms with E-state index in [-0.39, 0.29) is 29.6 Å². The lowest BCUT2D eigenvalue weighted by Gasteiger charge is -2.42. The number of halogens is 1. The van der Waals surface area contributed by atoms with Gasteiger partial charge in [-0.2, -0.15) is 0 Å². The van der Waals surface area contributed by atoms with Gasteiger partial charge in [-0.05, 0) is 63.5 Å². The second-order valence-electron chi connectivity index (χ2n) is 8.87. The van der Waals surface area contributed by atoms with Crippen LogP contribution in [0, 0.1) is 5.41 Å². The van der Waals surface area contributed by atoms with Crippen molar-refractivity contribution in [3.05, 3.63) is 35.4 Å². The van der Waals surface area contributed by atoms with Gasteiger partial charge in [0.2, 0.25) is 0 Å². The Morgan fingerprint density at radius 1 is 1.17 bits per heavy atom. The van der Waals surface area contributed by atoms with Gasteiger partial charge in [-0.3, -0.25) is 0 Å². The molecule has 29 heavy (non-hydrogen) atoms. The van der Waals surface area contributed by atoms with Gasteiger partial charge in [0.1, 0.15) is 0 Å². The lowest BCUT2D eigenvalue weighted by Crippen LogP contribution is -2.46. The predicted octanol–water partition coefficient (Wildman–Crippen LogP) is 4.88. The van der Waals surface area contributed by atoms with Crippen molar-refractivity contribution in [1.29, 1.82) is 0 Å². The fourth-order valence-corrected chi connectivity index (χ4v) is 3.41. The van der Waals surface area contributed by atoms with E-state index in [1.807, 2.05) is 0 Å². The van der Waals surface area contributed by atoms with Crippen LogP contribution in [-0.2, 0) is 22.6 Å². The average Bonchev–Trinajstić information content (AvgIpc) is 2.63. The smallest absolute Gasteiger partial charge is 0.191 e. The minimum atomic E-state index is -0.128. The standard InChI is InChI=1S/C23H39N3O2.HI/c1-6-24-21(26-18-23(11-8-12-23)13-14-27-5)25-16-19-9-7-10-20(15-19)17-28-22(2,3)4;/h7,9-10,15H,6,8,11-14,16-18H2,1-5H3,(H2,24,25,26);1H. The predicted molar refractivity (Wildman–Crippen MR) is 132 cm³/mol. The summed E-state index contributed by atoms with van der Waals surface area (Å²) >= 11 is 0. The first-order valence-electron chi connectivity index (χ1n) is 10.6. The molecule has 0 radical (unpaired) electrons. The molecule has 2 rings (SSSR count). The van der Waals surface area contributed by atoms with E-state index < -0.39 is 0 Å². The van der Waals surface area contributed by atoms with Gasteiger partial charge in [0.25, 0.3) is 0 Å². The molecule has 1 saturated carbocycles. The van der Waals surface area contributed by atoms with Crippen molar-refractivity contribution in [2.75, 3.05) is 26.8 Å². The summed E-state index contributed by atoms with van der Waals surface area (Å²) in [5, 5.41) is 6.93. The summed E-state index contributed by atoms with van der Waals surface area (Å²) in [6, 6.07) is 8.50. The van der Waals surface area contributed by atoms with Crippen LogP contribution in [0.3, 0.4) is 0 Å². The third-order valence-electron chi connectivity index (χ3n) is 5.31. The Morgan fingerprint density at radius 2 is 1.90 bits per heavy atom. The normalized spacial score (nSPS) is 16.0. The van der Waals surface area contributed by atoms with Crippen molar-refractivity contribution in [2.24, 2.45) is 10.4 Å². The number of methoxy groups -OCH3 is 1. The van der Waals surface area contributed by atoms with Gasteiger partial charge < -0.3 is 20.1 Å². The van der Waals surface area contributed by atoms with Crippen molar-refractivity contribution in [1.82, 2.24) is 10.6 Å². The second kappa shape index (κ2) is 12.7. The van der Waals surface area contributed by atoms with Gasteiger partial charge in [0.15, 0.2) is 5.96 Å². The van der Waals surface area contributed by atoms with Gasteiger partial charge in [-0.1, -0.05) is 30.7 Å². The Morgan fingerprint density at radius 3 is 2.48 bits per heavy atom. The SMILES string of the molecule is CCNC(=NCc1cccc(COC(C)(C)C)c1)NCC1(CCOC)CCC1.I. The zero-order valence-corrected chi connectivity index (χ0v) is 21.2.